The van der Waals surface area contributed by atoms with Crippen molar-refractivity contribution >= 4 is 33.5 Å². The molecule has 108 valence electrons. The van der Waals surface area contributed by atoms with E-state index in [2.05, 4.69) is 21.2 Å². The monoisotopic (exact) mass is 351 g/mol. The van der Waals surface area contributed by atoms with Crippen LogP contribution in [-0.4, -0.2) is 17.0 Å². The normalized spacial score (nSPS) is 10.2. The lowest BCUT2D eigenvalue weighted by atomic mass is 10.1. The molecular formula is C15H11BrFNO3. The van der Waals surface area contributed by atoms with E-state index in [1.807, 2.05) is 18.2 Å². The molecule has 0 radical (unpaired) electrons. The number of rotatable bonds is 4. The quantitative estimate of drug-likeness (QED) is 0.886. The highest BCUT2D eigenvalue weighted by Gasteiger charge is 2.11. The van der Waals surface area contributed by atoms with Crippen LogP contribution in [0.15, 0.2) is 46.9 Å². The van der Waals surface area contributed by atoms with Crippen molar-refractivity contribution in [2.24, 2.45) is 0 Å². The fourth-order valence-electron chi connectivity index (χ4n) is 1.80. The van der Waals surface area contributed by atoms with Gasteiger partial charge in [-0.15, -0.1) is 0 Å². The topological polar surface area (TPSA) is 66.4 Å². The van der Waals surface area contributed by atoms with Gasteiger partial charge in [0, 0.05) is 10.2 Å². The Kier molecular flexibility index (Phi) is 4.70. The number of benzene rings is 2. The van der Waals surface area contributed by atoms with Crippen molar-refractivity contribution in [1.29, 1.82) is 0 Å². The summed E-state index contributed by atoms with van der Waals surface area (Å²) < 4.78 is 14.4. The maximum atomic E-state index is 13.5. The average Bonchev–Trinajstić information content (AvgIpc) is 2.38. The van der Waals surface area contributed by atoms with Crippen LogP contribution in [0.2, 0.25) is 0 Å². The number of carbonyl (C=O) groups is 2. The molecule has 0 heterocycles. The molecule has 4 nitrogen and oxygen atoms in total. The fraction of sp³-hybridized carbons (Fsp3) is 0.0667. The van der Waals surface area contributed by atoms with E-state index in [-0.39, 0.29) is 18.0 Å². The Morgan fingerprint density at radius 3 is 2.57 bits per heavy atom. The molecule has 0 atom stereocenters. The molecule has 2 rings (SSSR count). The first-order valence-corrected chi connectivity index (χ1v) is 6.82. The second-order valence-electron chi connectivity index (χ2n) is 4.35. The second-order valence-corrected chi connectivity index (χ2v) is 5.27. The molecule has 0 bridgehead atoms. The number of carboxylic acids is 1. The van der Waals surface area contributed by atoms with Crippen LogP contribution < -0.4 is 5.32 Å². The van der Waals surface area contributed by atoms with Crippen molar-refractivity contribution < 1.29 is 19.1 Å². The summed E-state index contributed by atoms with van der Waals surface area (Å²) in [6.45, 7) is 0. The lowest BCUT2D eigenvalue weighted by molar-refractivity contribution is -0.115. The van der Waals surface area contributed by atoms with Crippen LogP contribution in [0.4, 0.5) is 10.1 Å². The first kappa shape index (κ1) is 15.2. The number of halogens is 2. The van der Waals surface area contributed by atoms with Gasteiger partial charge >= 0.3 is 5.97 Å². The van der Waals surface area contributed by atoms with Crippen molar-refractivity contribution in [3.63, 3.8) is 0 Å². The zero-order valence-electron chi connectivity index (χ0n) is 10.8. The van der Waals surface area contributed by atoms with Crippen LogP contribution in [-0.2, 0) is 11.2 Å². The average molecular weight is 352 g/mol. The summed E-state index contributed by atoms with van der Waals surface area (Å²) in [4.78, 5) is 22.6. The number of anilines is 1. The van der Waals surface area contributed by atoms with Gasteiger partial charge in [0.1, 0.15) is 5.82 Å². The van der Waals surface area contributed by atoms with Gasteiger partial charge in [-0.1, -0.05) is 28.1 Å². The molecule has 1 amide bonds. The third-order valence-corrected chi connectivity index (χ3v) is 3.23. The highest BCUT2D eigenvalue weighted by Crippen LogP contribution is 2.16. The van der Waals surface area contributed by atoms with Gasteiger partial charge in [-0.25, -0.2) is 9.18 Å². The van der Waals surface area contributed by atoms with Crippen molar-refractivity contribution in [2.75, 3.05) is 5.32 Å². The molecule has 0 saturated heterocycles. The first-order chi connectivity index (χ1) is 9.95. The Bertz CT molecular complexity index is 703. The van der Waals surface area contributed by atoms with Gasteiger partial charge in [-0.05, 0) is 35.9 Å². The predicted molar refractivity (Wildman–Crippen MR) is 79.8 cm³/mol. The molecule has 0 unspecified atom stereocenters. The summed E-state index contributed by atoms with van der Waals surface area (Å²) in [5.74, 6) is -2.54. The van der Waals surface area contributed by atoms with Crippen LogP contribution in [0.3, 0.4) is 0 Å². The minimum absolute atomic E-state index is 0.141. The zero-order valence-corrected chi connectivity index (χ0v) is 12.4. The standard InChI is InChI=1S/C15H11BrFNO3/c16-10-3-1-2-9(6-10)7-14(19)18-11-4-5-12(15(20)21)13(17)8-11/h1-6,8H,7H2,(H,18,19)(H,20,21). The number of amides is 1. The van der Waals surface area contributed by atoms with Crippen molar-refractivity contribution in [3.05, 3.63) is 63.9 Å². The molecule has 0 aromatic heterocycles. The smallest absolute Gasteiger partial charge is 0.338 e. The van der Waals surface area contributed by atoms with E-state index in [4.69, 9.17) is 5.11 Å². The summed E-state index contributed by atoms with van der Waals surface area (Å²) in [7, 11) is 0. The van der Waals surface area contributed by atoms with Crippen LogP contribution in [0.25, 0.3) is 0 Å². The van der Waals surface area contributed by atoms with Gasteiger partial charge in [0.15, 0.2) is 0 Å². The van der Waals surface area contributed by atoms with E-state index in [9.17, 15) is 14.0 Å². The number of hydrogen-bond acceptors (Lipinski definition) is 2. The third-order valence-electron chi connectivity index (χ3n) is 2.74. The SMILES string of the molecule is O=C(Cc1cccc(Br)c1)Nc1ccc(C(=O)O)c(F)c1. The van der Waals surface area contributed by atoms with Gasteiger partial charge in [0.2, 0.25) is 5.91 Å². The van der Waals surface area contributed by atoms with E-state index in [0.717, 1.165) is 22.2 Å². The molecule has 0 spiro atoms. The van der Waals surface area contributed by atoms with Gasteiger partial charge in [-0.2, -0.15) is 0 Å². The van der Waals surface area contributed by atoms with E-state index < -0.39 is 17.3 Å². The maximum Gasteiger partial charge on any atom is 0.338 e. The van der Waals surface area contributed by atoms with Gasteiger partial charge in [0.05, 0.1) is 12.0 Å². The Hall–Kier alpha value is -2.21. The van der Waals surface area contributed by atoms with E-state index in [1.54, 1.807) is 6.07 Å². The lowest BCUT2D eigenvalue weighted by Gasteiger charge is -2.07. The number of hydrogen-bond donors (Lipinski definition) is 2. The molecule has 0 saturated carbocycles. The Morgan fingerprint density at radius 1 is 1.19 bits per heavy atom. The van der Waals surface area contributed by atoms with Crippen LogP contribution in [0, 0.1) is 5.82 Å². The molecule has 21 heavy (non-hydrogen) atoms. The van der Waals surface area contributed by atoms with Crippen molar-refractivity contribution in [1.82, 2.24) is 0 Å². The van der Waals surface area contributed by atoms with Crippen molar-refractivity contribution in [3.8, 4) is 0 Å². The highest BCUT2D eigenvalue weighted by atomic mass is 79.9. The molecule has 2 aromatic rings. The number of carbonyl (C=O) groups excluding carboxylic acids is 1. The Morgan fingerprint density at radius 2 is 1.95 bits per heavy atom. The highest BCUT2D eigenvalue weighted by molar-refractivity contribution is 9.10. The summed E-state index contributed by atoms with van der Waals surface area (Å²) in [5.41, 5.74) is 0.599. The third kappa shape index (κ3) is 4.13. The zero-order chi connectivity index (χ0) is 15.4. The van der Waals surface area contributed by atoms with Gasteiger partial charge in [0.25, 0.3) is 0 Å². The van der Waals surface area contributed by atoms with E-state index in [0.29, 0.717) is 0 Å². The maximum absolute atomic E-state index is 13.5. The first-order valence-electron chi connectivity index (χ1n) is 6.03. The predicted octanol–water partition coefficient (Wildman–Crippen LogP) is 3.47. The largest absolute Gasteiger partial charge is 0.478 e. The molecule has 0 aliphatic heterocycles. The second kappa shape index (κ2) is 6.49. The number of nitrogens with one attached hydrogen (secondary N) is 1. The van der Waals surface area contributed by atoms with Crippen LogP contribution in [0.1, 0.15) is 15.9 Å². The fourth-order valence-corrected chi connectivity index (χ4v) is 2.25. The molecule has 0 fully saturated rings. The van der Waals surface area contributed by atoms with Gasteiger partial charge < -0.3 is 10.4 Å². The van der Waals surface area contributed by atoms with Crippen LogP contribution in [0.5, 0.6) is 0 Å². The summed E-state index contributed by atoms with van der Waals surface area (Å²) in [6, 6.07) is 10.7. The Balaban J connectivity index is 2.06. The minimum atomic E-state index is -1.35. The molecule has 0 aliphatic carbocycles. The lowest BCUT2D eigenvalue weighted by Crippen LogP contribution is -2.15. The molecule has 2 N–H and O–H groups in total. The molecule has 2 aromatic carbocycles. The van der Waals surface area contributed by atoms with E-state index in [1.165, 1.54) is 6.07 Å². The summed E-state index contributed by atoms with van der Waals surface area (Å²) in [5, 5.41) is 11.3. The summed E-state index contributed by atoms with van der Waals surface area (Å²) in [6.07, 6.45) is 0.141. The molecule has 6 heteroatoms. The number of carboxylic acid groups (broad SMARTS) is 1. The molecular weight excluding hydrogens is 341 g/mol. The Labute approximate surface area is 128 Å². The molecule has 0 aliphatic rings. The number of aromatic carboxylic acids is 1. The van der Waals surface area contributed by atoms with Crippen molar-refractivity contribution in [2.45, 2.75) is 6.42 Å². The van der Waals surface area contributed by atoms with Gasteiger partial charge in [-0.3, -0.25) is 4.79 Å². The minimum Gasteiger partial charge on any atom is -0.478 e. The summed E-state index contributed by atoms with van der Waals surface area (Å²) >= 11 is 3.31. The van der Waals surface area contributed by atoms with Crippen LogP contribution >= 0.6 is 15.9 Å². The van der Waals surface area contributed by atoms with E-state index >= 15 is 0 Å².